The molecule has 3 amide bonds. The van der Waals surface area contributed by atoms with Gasteiger partial charge in [-0.05, 0) is 77.6 Å². The Morgan fingerprint density at radius 1 is 0.907 bits per heavy atom. The number of hydrogen-bond acceptors (Lipinski definition) is 4. The van der Waals surface area contributed by atoms with Crippen molar-refractivity contribution in [3.63, 3.8) is 0 Å². The largest absolute Gasteiger partial charge is 0.444 e. The monoisotopic (exact) mass is 605 g/mol. The number of hydrogen-bond donors (Lipinski definition) is 2. The predicted molar refractivity (Wildman–Crippen MR) is 173 cm³/mol. The van der Waals surface area contributed by atoms with Crippen LogP contribution in [0.4, 0.5) is 10.5 Å². The minimum atomic E-state index is -1.03. The van der Waals surface area contributed by atoms with Gasteiger partial charge in [0, 0.05) is 12.0 Å². The fraction of sp³-hybridized carbons (Fsp3) is 0.400. The van der Waals surface area contributed by atoms with Crippen LogP contribution in [0.5, 0.6) is 0 Å². The van der Waals surface area contributed by atoms with Gasteiger partial charge in [0.1, 0.15) is 17.7 Å². The smallest absolute Gasteiger partial charge is 0.408 e. The lowest BCUT2D eigenvalue weighted by Crippen LogP contribution is -2.59. The van der Waals surface area contributed by atoms with Crippen molar-refractivity contribution in [3.8, 4) is 0 Å². The molecule has 0 saturated heterocycles. The Morgan fingerprint density at radius 2 is 1.56 bits per heavy atom. The van der Waals surface area contributed by atoms with Gasteiger partial charge in [-0.3, -0.25) is 9.59 Å². The van der Waals surface area contributed by atoms with Crippen LogP contribution in [-0.2, 0) is 20.7 Å². The minimum absolute atomic E-state index is 0.209. The lowest BCUT2D eigenvalue weighted by molar-refractivity contribution is -0.147. The molecule has 0 saturated carbocycles. The van der Waals surface area contributed by atoms with Crippen molar-refractivity contribution in [1.82, 2.24) is 10.2 Å². The molecule has 3 aromatic carbocycles. The van der Waals surface area contributed by atoms with E-state index in [1.807, 2.05) is 101 Å². The number of amides is 3. The van der Waals surface area contributed by atoms with E-state index in [1.54, 1.807) is 31.7 Å². The van der Waals surface area contributed by atoms with Crippen LogP contribution < -0.4 is 10.6 Å². The van der Waals surface area contributed by atoms with Gasteiger partial charge in [-0.1, -0.05) is 90.8 Å². The van der Waals surface area contributed by atoms with Crippen molar-refractivity contribution in [3.05, 3.63) is 100 Å². The van der Waals surface area contributed by atoms with Crippen molar-refractivity contribution in [2.75, 3.05) is 5.32 Å². The fourth-order valence-corrected chi connectivity index (χ4v) is 5.12. The Hall–Kier alpha value is -3.84. The summed E-state index contributed by atoms with van der Waals surface area (Å²) in [6.07, 6.45) is 0.0459. The molecular formula is C35H44ClN3O4. The number of ether oxygens (including phenoxy) is 1. The molecule has 3 rings (SSSR count). The van der Waals surface area contributed by atoms with Crippen LogP contribution in [0, 0.1) is 13.8 Å². The number of nitrogens with zero attached hydrogens (tertiary/aromatic N) is 1. The summed E-state index contributed by atoms with van der Waals surface area (Å²) >= 11 is 6.50. The molecule has 43 heavy (non-hydrogen) atoms. The van der Waals surface area contributed by atoms with Crippen molar-refractivity contribution in [2.45, 2.75) is 91.5 Å². The van der Waals surface area contributed by atoms with Crippen molar-refractivity contribution >= 4 is 35.2 Å². The average Bonchev–Trinajstić information content (AvgIpc) is 2.92. The Kier molecular flexibility index (Phi) is 11.0. The van der Waals surface area contributed by atoms with E-state index in [2.05, 4.69) is 10.6 Å². The normalized spacial score (nSPS) is 13.0. The first-order valence-electron chi connectivity index (χ1n) is 14.6. The van der Waals surface area contributed by atoms with Crippen LogP contribution in [0.15, 0.2) is 72.8 Å². The van der Waals surface area contributed by atoms with Crippen LogP contribution in [0.25, 0.3) is 0 Å². The molecular weight excluding hydrogens is 562 g/mol. The molecule has 7 nitrogen and oxygen atoms in total. The summed E-state index contributed by atoms with van der Waals surface area (Å²) in [6.45, 7) is 14.9. The second-order valence-corrected chi connectivity index (χ2v) is 12.9. The molecule has 0 aliphatic carbocycles. The van der Waals surface area contributed by atoms with E-state index < -0.39 is 41.1 Å². The quantitative estimate of drug-likeness (QED) is 0.247. The minimum Gasteiger partial charge on any atom is -0.444 e. The first-order valence-corrected chi connectivity index (χ1v) is 15.0. The highest BCUT2D eigenvalue weighted by Crippen LogP contribution is 2.35. The maximum Gasteiger partial charge on any atom is 0.408 e. The van der Waals surface area contributed by atoms with Crippen molar-refractivity contribution < 1.29 is 19.1 Å². The highest BCUT2D eigenvalue weighted by Gasteiger charge is 2.43. The third-order valence-corrected chi connectivity index (χ3v) is 7.68. The topological polar surface area (TPSA) is 87.7 Å². The second-order valence-electron chi connectivity index (χ2n) is 12.5. The molecule has 230 valence electrons. The van der Waals surface area contributed by atoms with E-state index in [-0.39, 0.29) is 6.42 Å². The van der Waals surface area contributed by atoms with E-state index >= 15 is 0 Å². The SMILES string of the molecule is CCC(C)(C)N(C(=O)C(Cc1ccccc1)NC(=O)OC(C)(C)C)C(C(=O)Nc1c(C)cccc1Cl)c1cccc(C)c1. The summed E-state index contributed by atoms with van der Waals surface area (Å²) in [6, 6.07) is 20.4. The van der Waals surface area contributed by atoms with Crippen molar-refractivity contribution in [2.24, 2.45) is 0 Å². The summed E-state index contributed by atoms with van der Waals surface area (Å²) in [4.78, 5) is 43.8. The summed E-state index contributed by atoms with van der Waals surface area (Å²) in [7, 11) is 0. The molecule has 0 spiro atoms. The van der Waals surface area contributed by atoms with Gasteiger partial charge in [0.25, 0.3) is 5.91 Å². The Balaban J connectivity index is 2.17. The highest BCUT2D eigenvalue weighted by atomic mass is 35.5. The molecule has 0 heterocycles. The second kappa shape index (κ2) is 14.1. The van der Waals surface area contributed by atoms with Gasteiger partial charge in [-0.2, -0.15) is 0 Å². The highest BCUT2D eigenvalue weighted by molar-refractivity contribution is 6.34. The van der Waals surface area contributed by atoms with Crippen LogP contribution in [-0.4, -0.2) is 40.0 Å². The van der Waals surface area contributed by atoms with E-state index in [4.69, 9.17) is 16.3 Å². The maximum atomic E-state index is 14.8. The van der Waals surface area contributed by atoms with Gasteiger partial charge < -0.3 is 20.3 Å². The van der Waals surface area contributed by atoms with Gasteiger partial charge in [0.15, 0.2) is 0 Å². The van der Waals surface area contributed by atoms with Crippen LogP contribution in [0.1, 0.15) is 76.3 Å². The van der Waals surface area contributed by atoms with E-state index in [1.165, 1.54) is 0 Å². The number of alkyl carbamates (subject to hydrolysis) is 1. The van der Waals surface area contributed by atoms with E-state index in [0.29, 0.717) is 22.7 Å². The number of para-hydroxylation sites is 1. The van der Waals surface area contributed by atoms with E-state index in [0.717, 1.165) is 16.7 Å². The summed E-state index contributed by atoms with van der Waals surface area (Å²) in [5.41, 5.74) is 2.18. The fourth-order valence-electron chi connectivity index (χ4n) is 4.85. The zero-order valence-electron chi connectivity index (χ0n) is 26.5. The summed E-state index contributed by atoms with van der Waals surface area (Å²) < 4.78 is 5.55. The number of halogens is 1. The molecule has 2 N–H and O–H groups in total. The number of carbonyl (C=O) groups is 3. The Labute approximate surface area is 261 Å². The van der Waals surface area contributed by atoms with Gasteiger partial charge in [-0.25, -0.2) is 4.79 Å². The average molecular weight is 606 g/mol. The number of anilines is 1. The van der Waals surface area contributed by atoms with Gasteiger partial charge in [0.05, 0.1) is 10.7 Å². The lowest BCUT2D eigenvalue weighted by Gasteiger charge is -2.44. The number of nitrogens with one attached hydrogen (secondary N) is 2. The third-order valence-electron chi connectivity index (χ3n) is 7.36. The molecule has 3 aromatic rings. The Bertz CT molecular complexity index is 1410. The maximum absolute atomic E-state index is 14.8. The number of carbonyl (C=O) groups excluding carboxylic acids is 3. The molecule has 0 radical (unpaired) electrons. The predicted octanol–water partition coefficient (Wildman–Crippen LogP) is 7.79. The lowest BCUT2D eigenvalue weighted by atomic mass is 9.90. The summed E-state index contributed by atoms with van der Waals surface area (Å²) in [5, 5.41) is 6.23. The summed E-state index contributed by atoms with van der Waals surface area (Å²) in [5.74, 6) is -0.813. The van der Waals surface area contributed by atoms with Crippen LogP contribution >= 0.6 is 11.6 Å². The zero-order chi connectivity index (χ0) is 31.9. The van der Waals surface area contributed by atoms with E-state index in [9.17, 15) is 14.4 Å². The van der Waals surface area contributed by atoms with Gasteiger partial charge in [-0.15, -0.1) is 0 Å². The number of rotatable bonds is 10. The van der Waals surface area contributed by atoms with Gasteiger partial charge >= 0.3 is 6.09 Å². The Morgan fingerprint density at radius 3 is 2.14 bits per heavy atom. The molecule has 0 aliphatic rings. The molecule has 2 atom stereocenters. The van der Waals surface area contributed by atoms with Gasteiger partial charge in [0.2, 0.25) is 5.91 Å². The third kappa shape index (κ3) is 9.07. The molecule has 0 fully saturated rings. The zero-order valence-corrected chi connectivity index (χ0v) is 27.2. The molecule has 0 bridgehead atoms. The van der Waals surface area contributed by atoms with Crippen molar-refractivity contribution in [1.29, 1.82) is 0 Å². The molecule has 0 aromatic heterocycles. The molecule has 0 aliphatic heterocycles. The number of aryl methyl sites for hydroxylation is 2. The van der Waals surface area contributed by atoms with Crippen LogP contribution in [0.2, 0.25) is 5.02 Å². The standard InChI is InChI=1S/C35H44ClN3O4/c1-9-35(7,8)39(32(41)28(22-25-17-11-10-12-18-25)37-33(42)43-34(4,5)6)30(26-19-13-15-23(2)21-26)31(40)38-29-24(3)16-14-20-27(29)36/h10-21,28,30H,9,22H2,1-8H3,(H,37,42)(H,38,40). The molecule has 8 heteroatoms. The number of benzene rings is 3. The first kappa shape index (κ1) is 33.7. The van der Waals surface area contributed by atoms with Crippen LogP contribution in [0.3, 0.4) is 0 Å². The first-order chi connectivity index (χ1) is 20.1. The molecule has 2 unspecified atom stereocenters.